The van der Waals surface area contributed by atoms with E-state index in [-0.39, 0.29) is 5.69 Å². The third-order valence-electron chi connectivity index (χ3n) is 2.86. The lowest BCUT2D eigenvalue weighted by atomic mass is 9.87. The Bertz CT molecular complexity index is 640. The van der Waals surface area contributed by atoms with Crippen molar-refractivity contribution in [2.24, 2.45) is 5.41 Å². The van der Waals surface area contributed by atoms with Crippen LogP contribution in [0.25, 0.3) is 10.8 Å². The van der Waals surface area contributed by atoms with Crippen molar-refractivity contribution in [2.75, 3.05) is 0 Å². The fourth-order valence-corrected chi connectivity index (χ4v) is 2.51. The first-order valence-corrected chi connectivity index (χ1v) is 7.20. The number of rotatable bonds is 4. The van der Waals surface area contributed by atoms with Crippen LogP contribution in [0.4, 0.5) is 0 Å². The van der Waals surface area contributed by atoms with E-state index in [0.29, 0.717) is 10.8 Å². The molecule has 0 fully saturated rings. The number of carboxylic acid groups (broad SMARTS) is 1. The van der Waals surface area contributed by atoms with Crippen LogP contribution in [0.3, 0.4) is 0 Å². The molecule has 2 aromatic heterocycles. The molecule has 1 amide bonds. The number of thiazole rings is 1. The average molecular weight is 308 g/mol. The molecule has 21 heavy (non-hydrogen) atoms. The molecular formula is C14H16N2O4S. The number of carboxylic acids is 1. The van der Waals surface area contributed by atoms with Crippen molar-refractivity contribution in [1.29, 1.82) is 0 Å². The molecule has 2 rings (SSSR count). The maximum absolute atomic E-state index is 12.1. The SMILES string of the molecule is CC(C)(C)[C@@H](NC(=O)c1csc(-c2ccco2)n1)C(=O)O. The van der Waals surface area contributed by atoms with Crippen LogP contribution in [0.2, 0.25) is 0 Å². The first kappa shape index (κ1) is 15.2. The van der Waals surface area contributed by atoms with Crippen LogP contribution in [0.15, 0.2) is 28.2 Å². The summed E-state index contributed by atoms with van der Waals surface area (Å²) in [6, 6.07) is 2.49. The number of nitrogens with zero attached hydrogens (tertiary/aromatic N) is 1. The lowest BCUT2D eigenvalue weighted by Gasteiger charge is -2.27. The summed E-state index contributed by atoms with van der Waals surface area (Å²) in [4.78, 5) is 27.6. The van der Waals surface area contributed by atoms with Gasteiger partial charge in [0.15, 0.2) is 10.8 Å². The van der Waals surface area contributed by atoms with Crippen molar-refractivity contribution in [1.82, 2.24) is 10.3 Å². The summed E-state index contributed by atoms with van der Waals surface area (Å²) >= 11 is 1.27. The van der Waals surface area contributed by atoms with E-state index in [1.807, 2.05) is 0 Å². The zero-order valence-corrected chi connectivity index (χ0v) is 12.7. The Labute approximate surface area is 125 Å². The van der Waals surface area contributed by atoms with Gasteiger partial charge in [-0.25, -0.2) is 9.78 Å². The molecule has 0 aromatic carbocycles. The lowest BCUT2D eigenvalue weighted by molar-refractivity contribution is -0.142. The first-order chi connectivity index (χ1) is 9.79. The smallest absolute Gasteiger partial charge is 0.326 e. The molecule has 2 aromatic rings. The second kappa shape index (κ2) is 5.69. The van der Waals surface area contributed by atoms with Crippen LogP contribution in [-0.4, -0.2) is 28.0 Å². The summed E-state index contributed by atoms with van der Waals surface area (Å²) in [7, 11) is 0. The van der Waals surface area contributed by atoms with Crippen molar-refractivity contribution in [3.63, 3.8) is 0 Å². The number of carbonyl (C=O) groups excluding carboxylic acids is 1. The molecule has 1 atom stereocenters. The summed E-state index contributed by atoms with van der Waals surface area (Å²) < 4.78 is 5.21. The van der Waals surface area contributed by atoms with E-state index in [1.165, 1.54) is 17.6 Å². The Morgan fingerprint density at radius 3 is 2.67 bits per heavy atom. The second-order valence-corrected chi connectivity index (χ2v) is 6.48. The van der Waals surface area contributed by atoms with Crippen LogP contribution in [0.1, 0.15) is 31.3 Å². The summed E-state index contributed by atoms with van der Waals surface area (Å²) in [6.45, 7) is 5.25. The topological polar surface area (TPSA) is 92.4 Å². The summed E-state index contributed by atoms with van der Waals surface area (Å²) in [6.07, 6.45) is 1.52. The van der Waals surface area contributed by atoms with E-state index in [0.717, 1.165) is 0 Å². The quantitative estimate of drug-likeness (QED) is 0.905. The van der Waals surface area contributed by atoms with E-state index in [4.69, 9.17) is 4.42 Å². The molecule has 0 aliphatic heterocycles. The third-order valence-corrected chi connectivity index (χ3v) is 3.71. The van der Waals surface area contributed by atoms with Gasteiger partial charge in [0, 0.05) is 5.38 Å². The van der Waals surface area contributed by atoms with Gasteiger partial charge >= 0.3 is 5.97 Å². The number of carbonyl (C=O) groups is 2. The molecular weight excluding hydrogens is 292 g/mol. The predicted octanol–water partition coefficient (Wildman–Crippen LogP) is 2.63. The molecule has 0 spiro atoms. The van der Waals surface area contributed by atoms with Gasteiger partial charge in [-0.15, -0.1) is 11.3 Å². The van der Waals surface area contributed by atoms with E-state index >= 15 is 0 Å². The number of nitrogens with one attached hydrogen (secondary N) is 1. The normalized spacial score (nSPS) is 12.9. The standard InChI is InChI=1S/C14H16N2O4S/c1-14(2,3)10(13(18)19)16-11(17)8-7-21-12(15-8)9-5-4-6-20-9/h4-7,10H,1-3H3,(H,16,17)(H,18,19)/t10-/m0/s1. The van der Waals surface area contributed by atoms with Gasteiger partial charge in [0.05, 0.1) is 6.26 Å². The predicted molar refractivity (Wildman–Crippen MR) is 78.2 cm³/mol. The highest BCUT2D eigenvalue weighted by Gasteiger charge is 2.33. The van der Waals surface area contributed by atoms with Gasteiger partial charge in [-0.2, -0.15) is 0 Å². The Kier molecular flexibility index (Phi) is 4.13. The summed E-state index contributed by atoms with van der Waals surface area (Å²) in [5.74, 6) is -1.01. The first-order valence-electron chi connectivity index (χ1n) is 6.32. The zero-order chi connectivity index (χ0) is 15.6. The highest BCUT2D eigenvalue weighted by molar-refractivity contribution is 7.13. The van der Waals surface area contributed by atoms with Crippen molar-refractivity contribution in [3.05, 3.63) is 29.5 Å². The highest BCUT2D eigenvalue weighted by Crippen LogP contribution is 2.24. The fourth-order valence-electron chi connectivity index (χ4n) is 1.75. The number of amides is 1. The van der Waals surface area contributed by atoms with Gasteiger partial charge in [0.2, 0.25) is 0 Å². The van der Waals surface area contributed by atoms with Gasteiger partial charge in [-0.05, 0) is 17.5 Å². The number of furan rings is 1. The molecule has 2 heterocycles. The molecule has 6 nitrogen and oxygen atoms in total. The molecule has 7 heteroatoms. The fraction of sp³-hybridized carbons (Fsp3) is 0.357. The van der Waals surface area contributed by atoms with E-state index in [9.17, 15) is 14.7 Å². The maximum atomic E-state index is 12.1. The molecule has 0 saturated heterocycles. The third kappa shape index (κ3) is 3.49. The molecule has 112 valence electrons. The van der Waals surface area contributed by atoms with Crippen molar-refractivity contribution in [3.8, 4) is 10.8 Å². The van der Waals surface area contributed by atoms with Crippen LogP contribution in [0, 0.1) is 5.41 Å². The summed E-state index contributed by atoms with van der Waals surface area (Å²) in [5, 5.41) is 13.9. The lowest BCUT2D eigenvalue weighted by Crippen LogP contribution is -2.49. The molecule has 0 unspecified atom stereocenters. The molecule has 0 aliphatic carbocycles. The largest absolute Gasteiger partial charge is 0.480 e. The number of aliphatic carboxylic acids is 1. The van der Waals surface area contributed by atoms with Crippen LogP contribution >= 0.6 is 11.3 Å². The number of aromatic nitrogens is 1. The summed E-state index contributed by atoms with van der Waals surface area (Å²) in [5.41, 5.74) is -0.414. The van der Waals surface area contributed by atoms with Crippen LogP contribution in [0.5, 0.6) is 0 Å². The van der Waals surface area contributed by atoms with Gasteiger partial charge in [0.1, 0.15) is 11.7 Å². The molecule has 0 bridgehead atoms. The minimum atomic E-state index is -1.07. The van der Waals surface area contributed by atoms with E-state index in [1.54, 1.807) is 38.3 Å². The van der Waals surface area contributed by atoms with Gasteiger partial charge in [-0.1, -0.05) is 20.8 Å². The molecule has 0 saturated carbocycles. The van der Waals surface area contributed by atoms with Crippen molar-refractivity contribution >= 4 is 23.2 Å². The minimum Gasteiger partial charge on any atom is -0.480 e. The van der Waals surface area contributed by atoms with Crippen molar-refractivity contribution < 1.29 is 19.1 Å². The Morgan fingerprint density at radius 1 is 1.43 bits per heavy atom. The second-order valence-electron chi connectivity index (χ2n) is 5.63. The van der Waals surface area contributed by atoms with E-state index < -0.39 is 23.3 Å². The Hall–Kier alpha value is -2.15. The van der Waals surface area contributed by atoms with Crippen LogP contribution in [-0.2, 0) is 4.79 Å². The van der Waals surface area contributed by atoms with Gasteiger partial charge < -0.3 is 14.8 Å². The highest BCUT2D eigenvalue weighted by atomic mass is 32.1. The molecule has 2 N–H and O–H groups in total. The minimum absolute atomic E-state index is 0.182. The number of hydrogen-bond acceptors (Lipinski definition) is 5. The van der Waals surface area contributed by atoms with Gasteiger partial charge in [-0.3, -0.25) is 4.79 Å². The van der Waals surface area contributed by atoms with Crippen LogP contribution < -0.4 is 5.32 Å². The average Bonchev–Trinajstić information content (AvgIpc) is 3.03. The maximum Gasteiger partial charge on any atom is 0.326 e. The van der Waals surface area contributed by atoms with E-state index in [2.05, 4.69) is 10.3 Å². The Morgan fingerprint density at radius 2 is 2.14 bits per heavy atom. The van der Waals surface area contributed by atoms with Crippen molar-refractivity contribution in [2.45, 2.75) is 26.8 Å². The zero-order valence-electron chi connectivity index (χ0n) is 11.9. The number of hydrogen-bond donors (Lipinski definition) is 2. The van der Waals surface area contributed by atoms with Gasteiger partial charge in [0.25, 0.3) is 5.91 Å². The monoisotopic (exact) mass is 308 g/mol. The molecule has 0 aliphatic rings. The molecule has 0 radical (unpaired) electrons. The Balaban J connectivity index is 2.15.